The summed E-state index contributed by atoms with van der Waals surface area (Å²) in [4.78, 5) is 0. The monoisotopic (exact) mass is 182 g/mol. The molecule has 2 heteroatoms. The van der Waals surface area contributed by atoms with Crippen molar-refractivity contribution in [3.05, 3.63) is 41.7 Å². The molecule has 1 aromatic carbocycles. The van der Waals surface area contributed by atoms with Crippen LogP contribution in [0.2, 0.25) is 0 Å². The fourth-order valence-electron chi connectivity index (χ4n) is 1.13. The molecule has 0 nitrogen and oxygen atoms in total. The van der Waals surface area contributed by atoms with E-state index in [4.69, 9.17) is 0 Å². The van der Waals surface area contributed by atoms with Crippen molar-refractivity contribution in [3.8, 4) is 0 Å². The Balaban J connectivity index is 2.93. The molecule has 12 heavy (non-hydrogen) atoms. The van der Waals surface area contributed by atoms with Gasteiger partial charge in [0.2, 0.25) is 0 Å². The molecule has 0 fully saturated rings. The maximum atomic E-state index is 12.8. The summed E-state index contributed by atoms with van der Waals surface area (Å²) < 4.78 is 12.8. The van der Waals surface area contributed by atoms with Crippen LogP contribution in [0.5, 0.6) is 0 Å². The molecule has 1 aromatic rings. The van der Waals surface area contributed by atoms with Crippen molar-refractivity contribution in [2.24, 2.45) is 0 Å². The molecule has 0 aliphatic rings. The minimum Gasteiger partial charge on any atom is -0.207 e. The molecule has 1 rings (SSSR count). The van der Waals surface area contributed by atoms with Gasteiger partial charge in [-0.05, 0) is 36.3 Å². The first kappa shape index (κ1) is 9.41. The highest BCUT2D eigenvalue weighted by Crippen LogP contribution is 2.08. The van der Waals surface area contributed by atoms with Crippen LogP contribution >= 0.6 is 9.24 Å². The van der Waals surface area contributed by atoms with Crippen molar-refractivity contribution in [2.45, 2.75) is 13.3 Å². The summed E-state index contributed by atoms with van der Waals surface area (Å²) in [7, 11) is 2.49. The summed E-state index contributed by atoms with van der Waals surface area (Å²) in [6.07, 6.45) is 0.749. The van der Waals surface area contributed by atoms with E-state index in [1.807, 2.05) is 13.0 Å². The molecule has 0 aliphatic heterocycles. The SMILES string of the molecule is C=C(C)Cc1cc(F)cc(P)c1. The van der Waals surface area contributed by atoms with E-state index >= 15 is 0 Å². The summed E-state index contributed by atoms with van der Waals surface area (Å²) in [5.41, 5.74) is 2.03. The Labute approximate surface area is 74.7 Å². The van der Waals surface area contributed by atoms with E-state index in [-0.39, 0.29) is 5.82 Å². The number of rotatable bonds is 2. The summed E-state index contributed by atoms with van der Waals surface area (Å²) in [5, 5.41) is 0.881. The van der Waals surface area contributed by atoms with Crippen LogP contribution in [0, 0.1) is 5.82 Å². The summed E-state index contributed by atoms with van der Waals surface area (Å²) >= 11 is 0. The number of benzene rings is 1. The summed E-state index contributed by atoms with van der Waals surface area (Å²) in [6.45, 7) is 5.72. The molecule has 1 atom stereocenters. The molecule has 0 N–H and O–H groups in total. The first-order valence-electron chi connectivity index (χ1n) is 3.77. The van der Waals surface area contributed by atoms with Gasteiger partial charge in [0.15, 0.2) is 0 Å². The van der Waals surface area contributed by atoms with Crippen molar-refractivity contribution in [1.82, 2.24) is 0 Å². The number of hydrogen-bond acceptors (Lipinski definition) is 0. The lowest BCUT2D eigenvalue weighted by Crippen LogP contribution is -1.96. The maximum Gasteiger partial charge on any atom is 0.124 e. The van der Waals surface area contributed by atoms with Gasteiger partial charge in [0, 0.05) is 0 Å². The van der Waals surface area contributed by atoms with Crippen LogP contribution in [-0.2, 0) is 6.42 Å². The van der Waals surface area contributed by atoms with Gasteiger partial charge in [-0.1, -0.05) is 18.2 Å². The largest absolute Gasteiger partial charge is 0.207 e. The molecule has 0 aliphatic carbocycles. The summed E-state index contributed by atoms with van der Waals surface area (Å²) in [5.74, 6) is -0.182. The smallest absolute Gasteiger partial charge is 0.124 e. The molecule has 1 unspecified atom stereocenters. The van der Waals surface area contributed by atoms with E-state index in [0.717, 1.165) is 22.9 Å². The molecule has 0 saturated carbocycles. The molecule has 0 amide bonds. The van der Waals surface area contributed by atoms with Gasteiger partial charge < -0.3 is 0 Å². The van der Waals surface area contributed by atoms with Crippen molar-refractivity contribution in [3.63, 3.8) is 0 Å². The van der Waals surface area contributed by atoms with Crippen molar-refractivity contribution >= 4 is 14.5 Å². The van der Waals surface area contributed by atoms with Crippen LogP contribution in [0.25, 0.3) is 0 Å². The minimum atomic E-state index is -0.182. The third-order valence-electron chi connectivity index (χ3n) is 1.49. The van der Waals surface area contributed by atoms with E-state index in [2.05, 4.69) is 15.8 Å². The highest BCUT2D eigenvalue weighted by molar-refractivity contribution is 7.27. The average molecular weight is 182 g/mol. The van der Waals surface area contributed by atoms with Gasteiger partial charge in [-0.3, -0.25) is 0 Å². The fourth-order valence-corrected chi connectivity index (χ4v) is 1.50. The van der Waals surface area contributed by atoms with Crippen molar-refractivity contribution < 1.29 is 4.39 Å². The second-order valence-electron chi connectivity index (χ2n) is 3.03. The lowest BCUT2D eigenvalue weighted by atomic mass is 10.1. The predicted molar refractivity (Wildman–Crippen MR) is 54.3 cm³/mol. The molecule has 0 bridgehead atoms. The second kappa shape index (κ2) is 3.82. The lowest BCUT2D eigenvalue weighted by molar-refractivity contribution is 0.627. The van der Waals surface area contributed by atoms with E-state index in [1.165, 1.54) is 6.07 Å². The Morgan fingerprint density at radius 2 is 2.17 bits per heavy atom. The Kier molecular flexibility index (Phi) is 2.99. The maximum absolute atomic E-state index is 12.8. The average Bonchev–Trinajstić information content (AvgIpc) is 1.81. The van der Waals surface area contributed by atoms with E-state index < -0.39 is 0 Å². The molecule has 0 saturated heterocycles. The number of allylic oxidation sites excluding steroid dienone is 1. The zero-order valence-electron chi connectivity index (χ0n) is 7.10. The minimum absolute atomic E-state index is 0.182. The van der Waals surface area contributed by atoms with Crippen molar-refractivity contribution in [2.75, 3.05) is 0 Å². The van der Waals surface area contributed by atoms with Gasteiger partial charge in [-0.15, -0.1) is 9.24 Å². The molecular weight excluding hydrogens is 170 g/mol. The first-order chi connectivity index (χ1) is 5.58. The quantitative estimate of drug-likeness (QED) is 0.486. The molecule has 64 valence electrons. The van der Waals surface area contributed by atoms with Crippen LogP contribution in [0.1, 0.15) is 12.5 Å². The number of halogens is 1. The van der Waals surface area contributed by atoms with Crippen LogP contribution in [0.3, 0.4) is 0 Å². The Morgan fingerprint density at radius 3 is 2.67 bits per heavy atom. The fraction of sp³-hybridized carbons (Fsp3) is 0.200. The predicted octanol–water partition coefficient (Wildman–Crippen LogP) is 2.44. The van der Waals surface area contributed by atoms with Gasteiger partial charge in [0.05, 0.1) is 0 Å². The topological polar surface area (TPSA) is 0 Å². The van der Waals surface area contributed by atoms with E-state index in [0.29, 0.717) is 0 Å². The van der Waals surface area contributed by atoms with Crippen LogP contribution in [-0.4, -0.2) is 0 Å². The summed E-state index contributed by atoms with van der Waals surface area (Å²) in [6, 6.07) is 4.98. The van der Waals surface area contributed by atoms with Crippen LogP contribution in [0.4, 0.5) is 4.39 Å². The van der Waals surface area contributed by atoms with Crippen LogP contribution in [0.15, 0.2) is 30.4 Å². The second-order valence-corrected chi connectivity index (χ2v) is 3.69. The van der Waals surface area contributed by atoms with E-state index in [1.54, 1.807) is 6.07 Å². The Morgan fingerprint density at radius 1 is 1.50 bits per heavy atom. The molecule has 0 heterocycles. The highest BCUT2D eigenvalue weighted by atomic mass is 31.0. The third-order valence-corrected chi connectivity index (χ3v) is 1.82. The van der Waals surface area contributed by atoms with E-state index in [9.17, 15) is 4.39 Å². The number of hydrogen-bond donors (Lipinski definition) is 0. The molecule has 0 radical (unpaired) electrons. The standard InChI is InChI=1S/C10H12FP/c1-7(2)3-8-4-9(11)6-10(12)5-8/h4-6H,1,3,12H2,2H3. The van der Waals surface area contributed by atoms with Crippen molar-refractivity contribution in [1.29, 1.82) is 0 Å². The van der Waals surface area contributed by atoms with Gasteiger partial charge in [-0.25, -0.2) is 4.39 Å². The Bertz CT molecular complexity index is 284. The lowest BCUT2D eigenvalue weighted by Gasteiger charge is -2.01. The van der Waals surface area contributed by atoms with Gasteiger partial charge in [0.25, 0.3) is 0 Å². The Hall–Kier alpha value is -0.680. The zero-order valence-corrected chi connectivity index (χ0v) is 8.26. The zero-order chi connectivity index (χ0) is 9.14. The normalized spacial score (nSPS) is 9.92. The van der Waals surface area contributed by atoms with Gasteiger partial charge >= 0.3 is 0 Å². The molecule has 0 spiro atoms. The third kappa shape index (κ3) is 2.75. The first-order valence-corrected chi connectivity index (χ1v) is 4.35. The molecular formula is C10H12FP. The van der Waals surface area contributed by atoms with Gasteiger partial charge in [0.1, 0.15) is 5.82 Å². The van der Waals surface area contributed by atoms with Crippen LogP contribution < -0.4 is 5.30 Å². The molecule has 0 aromatic heterocycles. The van der Waals surface area contributed by atoms with Gasteiger partial charge in [-0.2, -0.15) is 0 Å². The highest BCUT2D eigenvalue weighted by Gasteiger charge is 1.97.